The molecule has 0 saturated heterocycles. The highest BCUT2D eigenvalue weighted by Crippen LogP contribution is 2.31. The molecule has 0 fully saturated rings. The zero-order valence-electron chi connectivity index (χ0n) is 12.8. The molecule has 0 aliphatic rings. The molecule has 3 aromatic carbocycles. The summed E-state index contributed by atoms with van der Waals surface area (Å²) >= 11 is 3.50. The van der Waals surface area contributed by atoms with Gasteiger partial charge in [-0.1, -0.05) is 48.5 Å². The fraction of sp³-hybridized carbons (Fsp3) is 0.0500. The molecule has 0 amide bonds. The van der Waals surface area contributed by atoms with Crippen molar-refractivity contribution in [3.8, 4) is 16.9 Å². The van der Waals surface area contributed by atoms with Crippen LogP contribution in [0, 0.1) is 0 Å². The van der Waals surface area contributed by atoms with Crippen LogP contribution in [0.2, 0.25) is 0 Å². The van der Waals surface area contributed by atoms with Crippen molar-refractivity contribution in [1.29, 1.82) is 0 Å². The first-order valence-electron chi connectivity index (χ1n) is 7.43. The number of rotatable bonds is 5. The molecule has 0 saturated carbocycles. The summed E-state index contributed by atoms with van der Waals surface area (Å²) in [5.74, 6) is -0.216. The Morgan fingerprint density at radius 3 is 2.42 bits per heavy atom. The van der Waals surface area contributed by atoms with E-state index in [1.165, 1.54) is 0 Å². The lowest BCUT2D eigenvalue weighted by atomic mass is 10.0. The summed E-state index contributed by atoms with van der Waals surface area (Å²) in [6, 6.07) is 22.5. The van der Waals surface area contributed by atoms with Gasteiger partial charge in [-0.25, -0.2) is 4.79 Å². The van der Waals surface area contributed by atoms with E-state index in [0.29, 0.717) is 6.61 Å². The van der Waals surface area contributed by atoms with Crippen molar-refractivity contribution in [3.05, 3.63) is 88.4 Å². The Morgan fingerprint density at radius 1 is 0.917 bits per heavy atom. The number of ether oxygens (including phenoxy) is 1. The van der Waals surface area contributed by atoms with Gasteiger partial charge >= 0.3 is 5.97 Å². The van der Waals surface area contributed by atoms with Crippen LogP contribution in [0.3, 0.4) is 0 Å². The molecule has 0 spiro atoms. The highest BCUT2D eigenvalue weighted by Gasteiger charge is 2.08. The van der Waals surface area contributed by atoms with Gasteiger partial charge in [0.15, 0.2) is 0 Å². The summed E-state index contributed by atoms with van der Waals surface area (Å²) in [5.41, 5.74) is 3.10. The second-order valence-corrected chi connectivity index (χ2v) is 6.16. The molecule has 0 heterocycles. The van der Waals surface area contributed by atoms with Gasteiger partial charge in [0.1, 0.15) is 12.4 Å². The van der Waals surface area contributed by atoms with Gasteiger partial charge in [0, 0.05) is 0 Å². The van der Waals surface area contributed by atoms with Crippen LogP contribution in [0.25, 0.3) is 11.1 Å². The first-order valence-corrected chi connectivity index (χ1v) is 8.23. The molecule has 0 aliphatic carbocycles. The molecule has 3 nitrogen and oxygen atoms in total. The first-order chi connectivity index (χ1) is 11.6. The monoisotopic (exact) mass is 382 g/mol. The third kappa shape index (κ3) is 3.84. The van der Waals surface area contributed by atoms with E-state index in [4.69, 9.17) is 9.84 Å². The van der Waals surface area contributed by atoms with E-state index in [9.17, 15) is 4.79 Å². The fourth-order valence-electron chi connectivity index (χ4n) is 2.36. The summed E-state index contributed by atoms with van der Waals surface area (Å²) in [7, 11) is 0. The lowest BCUT2D eigenvalue weighted by molar-refractivity contribution is 0.0697. The Bertz CT molecular complexity index is 860. The normalized spacial score (nSPS) is 10.4. The highest BCUT2D eigenvalue weighted by atomic mass is 79.9. The second-order valence-electron chi connectivity index (χ2n) is 5.31. The number of carbonyl (C=O) groups is 1. The predicted molar refractivity (Wildman–Crippen MR) is 97.3 cm³/mol. The Kier molecular flexibility index (Phi) is 4.96. The zero-order valence-corrected chi connectivity index (χ0v) is 14.4. The van der Waals surface area contributed by atoms with Crippen molar-refractivity contribution in [1.82, 2.24) is 0 Å². The van der Waals surface area contributed by atoms with Crippen LogP contribution in [0.1, 0.15) is 15.9 Å². The van der Waals surface area contributed by atoms with Crippen LogP contribution in [0.5, 0.6) is 5.75 Å². The van der Waals surface area contributed by atoms with Crippen LogP contribution >= 0.6 is 15.9 Å². The summed E-state index contributed by atoms with van der Waals surface area (Å²) < 4.78 is 6.76. The number of benzene rings is 3. The van der Waals surface area contributed by atoms with E-state index in [-0.39, 0.29) is 5.56 Å². The van der Waals surface area contributed by atoms with E-state index < -0.39 is 5.97 Å². The van der Waals surface area contributed by atoms with Gasteiger partial charge in [-0.05, 0) is 56.9 Å². The standard InChI is InChI=1S/C20H15BrO3/c21-18-10-9-16(15-7-4-8-17(11-15)20(22)23)12-19(18)24-13-14-5-2-1-3-6-14/h1-12H,13H2,(H,22,23). The van der Waals surface area contributed by atoms with E-state index in [1.807, 2.05) is 54.6 Å². The number of carboxylic acids is 1. The average Bonchev–Trinajstić information content (AvgIpc) is 2.62. The minimum Gasteiger partial charge on any atom is -0.488 e. The van der Waals surface area contributed by atoms with Crippen molar-refractivity contribution in [2.75, 3.05) is 0 Å². The van der Waals surface area contributed by atoms with Crippen LogP contribution in [0.15, 0.2) is 77.3 Å². The van der Waals surface area contributed by atoms with Gasteiger partial charge in [0.05, 0.1) is 10.0 Å². The summed E-state index contributed by atoms with van der Waals surface area (Å²) in [4.78, 5) is 11.1. The average molecular weight is 383 g/mol. The topological polar surface area (TPSA) is 46.5 Å². The summed E-state index contributed by atoms with van der Waals surface area (Å²) in [6.45, 7) is 0.470. The Morgan fingerprint density at radius 2 is 1.67 bits per heavy atom. The molecule has 0 unspecified atom stereocenters. The van der Waals surface area contributed by atoms with Crippen LogP contribution in [-0.2, 0) is 6.61 Å². The third-order valence-electron chi connectivity index (χ3n) is 3.61. The van der Waals surface area contributed by atoms with Crippen molar-refractivity contribution in [2.24, 2.45) is 0 Å². The van der Waals surface area contributed by atoms with E-state index in [2.05, 4.69) is 15.9 Å². The minimum absolute atomic E-state index is 0.266. The molecular weight excluding hydrogens is 368 g/mol. The van der Waals surface area contributed by atoms with Crippen LogP contribution < -0.4 is 4.74 Å². The van der Waals surface area contributed by atoms with Crippen molar-refractivity contribution < 1.29 is 14.6 Å². The van der Waals surface area contributed by atoms with Gasteiger partial charge in [-0.15, -0.1) is 0 Å². The van der Waals surface area contributed by atoms with Gasteiger partial charge < -0.3 is 9.84 Å². The molecule has 0 bridgehead atoms. The number of hydrogen-bond donors (Lipinski definition) is 1. The molecule has 120 valence electrons. The largest absolute Gasteiger partial charge is 0.488 e. The maximum atomic E-state index is 11.1. The maximum Gasteiger partial charge on any atom is 0.335 e. The van der Waals surface area contributed by atoms with Crippen LogP contribution in [0.4, 0.5) is 0 Å². The SMILES string of the molecule is O=C(O)c1cccc(-c2ccc(Br)c(OCc3ccccc3)c2)c1. The number of halogens is 1. The third-order valence-corrected chi connectivity index (χ3v) is 4.27. The minimum atomic E-state index is -0.936. The lowest BCUT2D eigenvalue weighted by Gasteiger charge is -2.11. The molecular formula is C20H15BrO3. The van der Waals surface area contributed by atoms with Gasteiger partial charge in [-0.2, -0.15) is 0 Å². The molecule has 3 aromatic rings. The maximum absolute atomic E-state index is 11.1. The Labute approximate surface area is 148 Å². The molecule has 0 atom stereocenters. The van der Waals surface area contributed by atoms with Gasteiger partial charge in [-0.3, -0.25) is 0 Å². The summed E-state index contributed by atoms with van der Waals surface area (Å²) in [5, 5.41) is 9.13. The number of aromatic carboxylic acids is 1. The summed E-state index contributed by atoms with van der Waals surface area (Å²) in [6.07, 6.45) is 0. The molecule has 0 aromatic heterocycles. The number of hydrogen-bond acceptors (Lipinski definition) is 2. The Hall–Kier alpha value is -2.59. The first kappa shape index (κ1) is 16.3. The number of carboxylic acid groups (broad SMARTS) is 1. The molecule has 4 heteroatoms. The quantitative estimate of drug-likeness (QED) is 0.642. The zero-order chi connectivity index (χ0) is 16.9. The molecule has 0 aliphatic heterocycles. The molecule has 1 N–H and O–H groups in total. The fourth-order valence-corrected chi connectivity index (χ4v) is 2.72. The second kappa shape index (κ2) is 7.32. The van der Waals surface area contributed by atoms with E-state index in [1.54, 1.807) is 18.2 Å². The van der Waals surface area contributed by atoms with Gasteiger partial charge in [0.25, 0.3) is 0 Å². The molecule has 24 heavy (non-hydrogen) atoms. The smallest absolute Gasteiger partial charge is 0.335 e. The van der Waals surface area contributed by atoms with E-state index >= 15 is 0 Å². The molecule has 0 radical (unpaired) electrons. The highest BCUT2D eigenvalue weighted by molar-refractivity contribution is 9.10. The van der Waals surface area contributed by atoms with Crippen LogP contribution in [-0.4, -0.2) is 11.1 Å². The van der Waals surface area contributed by atoms with Crippen molar-refractivity contribution in [3.63, 3.8) is 0 Å². The van der Waals surface area contributed by atoms with Crippen molar-refractivity contribution >= 4 is 21.9 Å². The lowest BCUT2D eigenvalue weighted by Crippen LogP contribution is -1.97. The van der Waals surface area contributed by atoms with E-state index in [0.717, 1.165) is 26.9 Å². The van der Waals surface area contributed by atoms with Crippen molar-refractivity contribution in [2.45, 2.75) is 6.61 Å². The van der Waals surface area contributed by atoms with Gasteiger partial charge in [0.2, 0.25) is 0 Å². The Balaban J connectivity index is 1.86. The predicted octanol–water partition coefficient (Wildman–Crippen LogP) is 5.39. The molecule has 3 rings (SSSR count).